The van der Waals surface area contributed by atoms with E-state index < -0.39 is 5.60 Å². The molecule has 0 aromatic heterocycles. The summed E-state index contributed by atoms with van der Waals surface area (Å²) in [6.07, 6.45) is 2.16. The largest absolute Gasteiger partial charge is 0.497 e. The highest BCUT2D eigenvalue weighted by molar-refractivity contribution is 5.44. The molecule has 0 saturated carbocycles. The maximum Gasteiger partial charge on any atom is 0.125 e. The van der Waals surface area contributed by atoms with Crippen LogP contribution in [0.3, 0.4) is 0 Å². The molecule has 1 aromatic rings. The molecule has 4 nitrogen and oxygen atoms in total. The number of ether oxygens (including phenoxy) is 3. The molecular formula is C15H22O4. The van der Waals surface area contributed by atoms with E-state index >= 15 is 0 Å². The van der Waals surface area contributed by atoms with Gasteiger partial charge in [0.1, 0.15) is 11.5 Å². The van der Waals surface area contributed by atoms with E-state index in [4.69, 9.17) is 14.2 Å². The van der Waals surface area contributed by atoms with E-state index in [0.717, 1.165) is 17.7 Å². The van der Waals surface area contributed by atoms with Crippen LogP contribution in [0.15, 0.2) is 18.2 Å². The third kappa shape index (κ3) is 2.85. The van der Waals surface area contributed by atoms with Crippen molar-refractivity contribution in [3.8, 4) is 11.5 Å². The molecule has 1 aliphatic heterocycles. The molecule has 4 heteroatoms. The van der Waals surface area contributed by atoms with Crippen LogP contribution in [0.4, 0.5) is 0 Å². The highest BCUT2D eigenvalue weighted by Crippen LogP contribution is 2.41. The summed E-state index contributed by atoms with van der Waals surface area (Å²) in [6, 6.07) is 5.53. The SMILES string of the molecule is CCC1CC(O)(c2cc(OC)ccc2OC)CCO1. The topological polar surface area (TPSA) is 47.9 Å². The fourth-order valence-electron chi connectivity index (χ4n) is 2.62. The Morgan fingerprint density at radius 1 is 1.37 bits per heavy atom. The van der Waals surface area contributed by atoms with E-state index in [1.165, 1.54) is 0 Å². The molecule has 1 aromatic carbocycles. The van der Waals surface area contributed by atoms with Gasteiger partial charge in [-0.05, 0) is 24.6 Å². The third-order valence-electron chi connectivity index (χ3n) is 3.80. The fourth-order valence-corrected chi connectivity index (χ4v) is 2.62. The Bertz CT molecular complexity index is 432. The number of benzene rings is 1. The van der Waals surface area contributed by atoms with E-state index in [9.17, 15) is 5.11 Å². The van der Waals surface area contributed by atoms with Gasteiger partial charge < -0.3 is 19.3 Å². The van der Waals surface area contributed by atoms with Crippen molar-refractivity contribution >= 4 is 0 Å². The van der Waals surface area contributed by atoms with Crippen molar-refractivity contribution in [2.75, 3.05) is 20.8 Å². The van der Waals surface area contributed by atoms with Gasteiger partial charge in [-0.1, -0.05) is 6.92 Å². The van der Waals surface area contributed by atoms with Gasteiger partial charge in [-0.15, -0.1) is 0 Å². The quantitative estimate of drug-likeness (QED) is 0.909. The van der Waals surface area contributed by atoms with Crippen LogP contribution >= 0.6 is 0 Å². The van der Waals surface area contributed by atoms with E-state index in [-0.39, 0.29) is 6.10 Å². The normalized spacial score (nSPS) is 27.1. The minimum absolute atomic E-state index is 0.0923. The highest BCUT2D eigenvalue weighted by atomic mass is 16.5. The standard InChI is InChI=1S/C15H22O4/c1-4-11-10-15(16,7-8-19-11)13-9-12(17-2)5-6-14(13)18-3/h5-6,9,11,16H,4,7-8,10H2,1-3H3. The summed E-state index contributed by atoms with van der Waals surface area (Å²) in [5.41, 5.74) is -0.116. The minimum Gasteiger partial charge on any atom is -0.497 e. The maximum atomic E-state index is 11.0. The van der Waals surface area contributed by atoms with Crippen LogP contribution in [0.1, 0.15) is 31.7 Å². The maximum absolute atomic E-state index is 11.0. The Morgan fingerprint density at radius 2 is 2.16 bits per heavy atom. The first-order valence-electron chi connectivity index (χ1n) is 6.69. The molecule has 106 valence electrons. The first-order valence-corrected chi connectivity index (χ1v) is 6.69. The lowest BCUT2D eigenvalue weighted by Crippen LogP contribution is -2.38. The van der Waals surface area contributed by atoms with Crippen LogP contribution in [0, 0.1) is 0 Å². The average Bonchev–Trinajstić information content (AvgIpc) is 2.46. The van der Waals surface area contributed by atoms with Crippen molar-refractivity contribution < 1.29 is 19.3 Å². The first-order chi connectivity index (χ1) is 9.12. The van der Waals surface area contributed by atoms with E-state index in [1.54, 1.807) is 14.2 Å². The van der Waals surface area contributed by atoms with Crippen LogP contribution < -0.4 is 9.47 Å². The average molecular weight is 266 g/mol. The van der Waals surface area contributed by atoms with Crippen LogP contribution in [-0.2, 0) is 10.3 Å². The van der Waals surface area contributed by atoms with Gasteiger partial charge in [0.05, 0.1) is 32.5 Å². The molecule has 0 bridgehead atoms. The molecule has 1 fully saturated rings. The molecule has 19 heavy (non-hydrogen) atoms. The zero-order valence-corrected chi connectivity index (χ0v) is 11.8. The summed E-state index contributed by atoms with van der Waals surface area (Å²) in [4.78, 5) is 0. The minimum atomic E-state index is -0.904. The molecule has 0 aliphatic carbocycles. The van der Waals surface area contributed by atoms with Crippen molar-refractivity contribution in [2.45, 2.75) is 37.9 Å². The van der Waals surface area contributed by atoms with Gasteiger partial charge in [-0.25, -0.2) is 0 Å². The number of hydrogen-bond donors (Lipinski definition) is 1. The van der Waals surface area contributed by atoms with Crippen LogP contribution in [0.25, 0.3) is 0 Å². The molecule has 2 rings (SSSR count). The number of hydrogen-bond acceptors (Lipinski definition) is 4. The Labute approximate surface area is 114 Å². The van der Waals surface area contributed by atoms with Crippen LogP contribution in [0.5, 0.6) is 11.5 Å². The van der Waals surface area contributed by atoms with E-state index in [0.29, 0.717) is 25.2 Å². The first kappa shape index (κ1) is 14.2. The molecule has 2 atom stereocenters. The summed E-state index contributed by atoms with van der Waals surface area (Å²) >= 11 is 0. The predicted octanol–water partition coefficient (Wildman–Crippen LogP) is 2.48. The lowest BCUT2D eigenvalue weighted by atomic mass is 9.82. The zero-order valence-electron chi connectivity index (χ0n) is 11.8. The Kier molecular flexibility index (Phi) is 4.32. The summed E-state index contributed by atoms with van der Waals surface area (Å²) in [6.45, 7) is 2.63. The summed E-state index contributed by atoms with van der Waals surface area (Å²) < 4.78 is 16.3. The number of aliphatic hydroxyl groups is 1. The zero-order chi connectivity index (χ0) is 13.9. The lowest BCUT2D eigenvalue weighted by Gasteiger charge is -2.37. The smallest absolute Gasteiger partial charge is 0.125 e. The fraction of sp³-hybridized carbons (Fsp3) is 0.600. The predicted molar refractivity (Wildman–Crippen MR) is 72.7 cm³/mol. The van der Waals surface area contributed by atoms with Gasteiger partial charge in [0.15, 0.2) is 0 Å². The van der Waals surface area contributed by atoms with Gasteiger partial charge in [0, 0.05) is 18.4 Å². The van der Waals surface area contributed by atoms with E-state index in [1.807, 2.05) is 18.2 Å². The molecule has 0 amide bonds. The lowest BCUT2D eigenvalue weighted by molar-refractivity contribution is -0.109. The van der Waals surface area contributed by atoms with Crippen LogP contribution in [0.2, 0.25) is 0 Å². The Hall–Kier alpha value is -1.26. The summed E-state index contributed by atoms with van der Waals surface area (Å²) in [5, 5.41) is 11.0. The van der Waals surface area contributed by atoms with Gasteiger partial charge in [0.25, 0.3) is 0 Å². The van der Waals surface area contributed by atoms with Crippen molar-refractivity contribution in [2.24, 2.45) is 0 Å². The third-order valence-corrected chi connectivity index (χ3v) is 3.80. The monoisotopic (exact) mass is 266 g/mol. The molecule has 1 aliphatic rings. The second kappa shape index (κ2) is 5.80. The molecule has 2 unspecified atom stereocenters. The van der Waals surface area contributed by atoms with Gasteiger partial charge in [0.2, 0.25) is 0 Å². The molecular weight excluding hydrogens is 244 g/mol. The van der Waals surface area contributed by atoms with Gasteiger partial charge >= 0.3 is 0 Å². The van der Waals surface area contributed by atoms with Crippen LogP contribution in [-0.4, -0.2) is 32.0 Å². The summed E-state index contributed by atoms with van der Waals surface area (Å²) in [7, 11) is 3.24. The Morgan fingerprint density at radius 3 is 2.79 bits per heavy atom. The van der Waals surface area contributed by atoms with Gasteiger partial charge in [-0.3, -0.25) is 0 Å². The van der Waals surface area contributed by atoms with E-state index in [2.05, 4.69) is 6.92 Å². The molecule has 1 heterocycles. The van der Waals surface area contributed by atoms with Gasteiger partial charge in [-0.2, -0.15) is 0 Å². The second-order valence-corrected chi connectivity index (χ2v) is 4.95. The molecule has 0 radical (unpaired) electrons. The molecule has 1 N–H and O–H groups in total. The second-order valence-electron chi connectivity index (χ2n) is 4.95. The highest BCUT2D eigenvalue weighted by Gasteiger charge is 2.38. The molecule has 0 spiro atoms. The van der Waals surface area contributed by atoms with Crippen molar-refractivity contribution in [1.82, 2.24) is 0 Å². The van der Waals surface area contributed by atoms with Crippen molar-refractivity contribution in [3.63, 3.8) is 0 Å². The summed E-state index contributed by atoms with van der Waals surface area (Å²) in [5.74, 6) is 1.42. The van der Waals surface area contributed by atoms with Crippen molar-refractivity contribution in [3.05, 3.63) is 23.8 Å². The van der Waals surface area contributed by atoms with Crippen molar-refractivity contribution in [1.29, 1.82) is 0 Å². The number of rotatable bonds is 4. The number of methoxy groups -OCH3 is 2. The Balaban J connectivity index is 2.37. The molecule has 1 saturated heterocycles.